The Morgan fingerprint density at radius 3 is 2.95 bits per heavy atom. The zero-order chi connectivity index (χ0) is 16.0. The Bertz CT molecular complexity index is 591. The topological polar surface area (TPSA) is 91.4 Å². The third-order valence-corrected chi connectivity index (χ3v) is 4.33. The van der Waals surface area contributed by atoms with Crippen molar-refractivity contribution in [3.63, 3.8) is 0 Å². The van der Waals surface area contributed by atoms with Crippen LogP contribution in [0.2, 0.25) is 0 Å². The van der Waals surface area contributed by atoms with E-state index in [0.717, 1.165) is 31.1 Å². The summed E-state index contributed by atoms with van der Waals surface area (Å²) in [6.45, 7) is 1.32. The normalized spacial score (nSPS) is 19.0. The minimum Gasteiger partial charge on any atom is -0.334 e. The van der Waals surface area contributed by atoms with Gasteiger partial charge >= 0.3 is 6.03 Å². The molecule has 0 saturated carbocycles. The average molecular weight is 326 g/mol. The number of aromatic nitrogens is 1. The van der Waals surface area contributed by atoms with Crippen LogP contribution in [0.5, 0.6) is 0 Å². The van der Waals surface area contributed by atoms with Crippen molar-refractivity contribution in [2.24, 2.45) is 0 Å². The van der Waals surface area contributed by atoms with E-state index in [1.807, 2.05) is 12.1 Å². The van der Waals surface area contributed by atoms with Gasteiger partial charge in [-0.15, -0.1) is 0 Å². The summed E-state index contributed by atoms with van der Waals surface area (Å²) >= 11 is 0. The van der Waals surface area contributed by atoms with Gasteiger partial charge in [0.25, 0.3) is 0 Å². The first-order valence-corrected chi connectivity index (χ1v) is 9.23. The monoisotopic (exact) mass is 326 g/mol. The van der Waals surface area contributed by atoms with E-state index in [1.54, 1.807) is 17.3 Å². The van der Waals surface area contributed by atoms with E-state index in [2.05, 4.69) is 15.0 Å². The van der Waals surface area contributed by atoms with Gasteiger partial charge in [-0.25, -0.2) is 17.9 Å². The molecule has 2 amide bonds. The first kappa shape index (κ1) is 16.7. The summed E-state index contributed by atoms with van der Waals surface area (Å²) in [6.07, 6.45) is 7.27. The van der Waals surface area contributed by atoms with Crippen LogP contribution in [0, 0.1) is 0 Å². The Hall–Kier alpha value is -1.67. The molecular formula is C14H22N4O3S. The first-order valence-electron chi connectivity index (χ1n) is 7.34. The number of sulfonamides is 1. The number of nitrogens with one attached hydrogen (secondary N) is 2. The lowest BCUT2D eigenvalue weighted by atomic mass is 10.0. The van der Waals surface area contributed by atoms with Gasteiger partial charge < -0.3 is 10.2 Å². The van der Waals surface area contributed by atoms with Crippen LogP contribution < -0.4 is 10.0 Å². The van der Waals surface area contributed by atoms with E-state index in [1.165, 1.54) is 0 Å². The fraction of sp³-hybridized carbons (Fsp3) is 0.571. The van der Waals surface area contributed by atoms with Gasteiger partial charge in [-0.2, -0.15) is 0 Å². The van der Waals surface area contributed by atoms with Gasteiger partial charge in [0, 0.05) is 38.1 Å². The zero-order valence-corrected chi connectivity index (χ0v) is 13.5. The number of nitrogens with zero attached hydrogens (tertiary/aromatic N) is 2. The van der Waals surface area contributed by atoms with E-state index in [4.69, 9.17) is 0 Å². The Balaban J connectivity index is 1.90. The second-order valence-corrected chi connectivity index (χ2v) is 7.32. The fourth-order valence-corrected chi connectivity index (χ4v) is 3.00. The SMILES string of the molecule is CS(=O)(=O)NC[C@H]1CCCCN1C(=O)NCc1cccnc1. The molecule has 2 heterocycles. The second-order valence-electron chi connectivity index (χ2n) is 5.48. The van der Waals surface area contributed by atoms with Gasteiger partial charge in [0.2, 0.25) is 10.0 Å². The Kier molecular flexibility index (Phi) is 5.73. The maximum Gasteiger partial charge on any atom is 0.317 e. The van der Waals surface area contributed by atoms with Crippen LogP contribution in [0.15, 0.2) is 24.5 Å². The number of amides is 2. The Morgan fingerprint density at radius 2 is 2.27 bits per heavy atom. The highest BCUT2D eigenvalue weighted by molar-refractivity contribution is 7.88. The zero-order valence-electron chi connectivity index (χ0n) is 12.7. The third kappa shape index (κ3) is 5.27. The van der Waals surface area contributed by atoms with Crippen LogP contribution in [0.1, 0.15) is 24.8 Å². The predicted molar refractivity (Wildman–Crippen MR) is 83.7 cm³/mol. The van der Waals surface area contributed by atoms with Crippen molar-refractivity contribution < 1.29 is 13.2 Å². The van der Waals surface area contributed by atoms with Crippen LogP contribution >= 0.6 is 0 Å². The lowest BCUT2D eigenvalue weighted by molar-refractivity contribution is 0.152. The summed E-state index contributed by atoms with van der Waals surface area (Å²) in [6, 6.07) is 3.45. The third-order valence-electron chi connectivity index (χ3n) is 3.64. The number of hydrogen-bond acceptors (Lipinski definition) is 4. The summed E-state index contributed by atoms with van der Waals surface area (Å²) in [5.74, 6) is 0. The van der Waals surface area contributed by atoms with Crippen LogP contribution in [0.4, 0.5) is 4.79 Å². The molecule has 22 heavy (non-hydrogen) atoms. The number of urea groups is 1. The van der Waals surface area contributed by atoms with Gasteiger partial charge in [0.1, 0.15) is 0 Å². The predicted octanol–water partition coefficient (Wildman–Crippen LogP) is 0.695. The highest BCUT2D eigenvalue weighted by atomic mass is 32.2. The molecule has 1 aliphatic rings. The number of piperidine rings is 1. The molecule has 1 atom stereocenters. The summed E-state index contributed by atoms with van der Waals surface area (Å²) in [5.41, 5.74) is 0.929. The standard InChI is InChI=1S/C14H22N4O3S/c1-22(20,21)17-11-13-6-2-3-8-18(13)14(19)16-10-12-5-4-7-15-9-12/h4-5,7,9,13,17H,2-3,6,8,10-11H2,1H3,(H,16,19)/t13-/m1/s1. The highest BCUT2D eigenvalue weighted by Crippen LogP contribution is 2.16. The van der Waals surface area contributed by atoms with Gasteiger partial charge in [-0.1, -0.05) is 6.07 Å². The van der Waals surface area contributed by atoms with Gasteiger partial charge in [-0.05, 0) is 30.9 Å². The highest BCUT2D eigenvalue weighted by Gasteiger charge is 2.27. The summed E-state index contributed by atoms with van der Waals surface area (Å²) < 4.78 is 24.9. The average Bonchev–Trinajstić information content (AvgIpc) is 2.51. The smallest absolute Gasteiger partial charge is 0.317 e. The lowest BCUT2D eigenvalue weighted by Gasteiger charge is -2.35. The number of carbonyl (C=O) groups excluding carboxylic acids is 1. The maximum absolute atomic E-state index is 12.3. The van der Waals surface area contributed by atoms with E-state index >= 15 is 0 Å². The molecule has 2 rings (SSSR count). The number of hydrogen-bond donors (Lipinski definition) is 2. The molecule has 1 aliphatic heterocycles. The van der Waals surface area contributed by atoms with Crippen molar-refractivity contribution in [2.75, 3.05) is 19.3 Å². The van der Waals surface area contributed by atoms with Gasteiger partial charge in [0.15, 0.2) is 0 Å². The molecule has 1 aromatic rings. The molecule has 0 spiro atoms. The molecule has 2 N–H and O–H groups in total. The van der Waals surface area contributed by atoms with Crippen molar-refractivity contribution >= 4 is 16.1 Å². The van der Waals surface area contributed by atoms with E-state index < -0.39 is 10.0 Å². The van der Waals surface area contributed by atoms with Gasteiger partial charge in [-0.3, -0.25) is 4.98 Å². The molecule has 1 saturated heterocycles. The molecule has 8 heteroatoms. The van der Waals surface area contributed by atoms with Crippen LogP contribution in [-0.2, 0) is 16.6 Å². The van der Waals surface area contributed by atoms with Crippen molar-refractivity contribution in [2.45, 2.75) is 31.8 Å². The molecule has 7 nitrogen and oxygen atoms in total. The second kappa shape index (κ2) is 7.55. The molecule has 0 radical (unpaired) electrons. The number of pyridine rings is 1. The minimum atomic E-state index is -3.24. The minimum absolute atomic E-state index is 0.0997. The molecule has 0 aliphatic carbocycles. The molecule has 0 aromatic carbocycles. The lowest BCUT2D eigenvalue weighted by Crippen LogP contribution is -2.52. The van der Waals surface area contributed by atoms with Crippen molar-refractivity contribution in [1.82, 2.24) is 19.9 Å². The van der Waals surface area contributed by atoms with Crippen molar-refractivity contribution in [3.05, 3.63) is 30.1 Å². The molecule has 1 aromatic heterocycles. The Morgan fingerprint density at radius 1 is 1.45 bits per heavy atom. The molecular weight excluding hydrogens is 304 g/mol. The van der Waals surface area contributed by atoms with Crippen LogP contribution in [0.25, 0.3) is 0 Å². The summed E-state index contributed by atoms with van der Waals surface area (Å²) in [5, 5.41) is 2.87. The number of likely N-dealkylation sites (tertiary alicyclic amines) is 1. The summed E-state index contributed by atoms with van der Waals surface area (Å²) in [4.78, 5) is 18.0. The molecule has 0 bridgehead atoms. The maximum atomic E-state index is 12.3. The molecule has 0 unspecified atom stereocenters. The van der Waals surface area contributed by atoms with E-state index in [9.17, 15) is 13.2 Å². The number of rotatable bonds is 5. The van der Waals surface area contributed by atoms with Gasteiger partial charge in [0.05, 0.1) is 6.26 Å². The first-order chi connectivity index (χ1) is 10.5. The van der Waals surface area contributed by atoms with E-state index in [-0.39, 0.29) is 18.6 Å². The number of carbonyl (C=O) groups is 1. The van der Waals surface area contributed by atoms with Crippen LogP contribution in [-0.4, -0.2) is 49.7 Å². The summed E-state index contributed by atoms with van der Waals surface area (Å²) in [7, 11) is -3.24. The fourth-order valence-electron chi connectivity index (χ4n) is 2.51. The van der Waals surface area contributed by atoms with Crippen LogP contribution in [0.3, 0.4) is 0 Å². The quantitative estimate of drug-likeness (QED) is 0.833. The van der Waals surface area contributed by atoms with Crippen molar-refractivity contribution in [3.8, 4) is 0 Å². The van der Waals surface area contributed by atoms with Crippen molar-refractivity contribution in [1.29, 1.82) is 0 Å². The largest absolute Gasteiger partial charge is 0.334 e. The Labute approximate surface area is 131 Å². The molecule has 122 valence electrons. The molecule has 1 fully saturated rings. The van der Waals surface area contributed by atoms with E-state index in [0.29, 0.717) is 13.1 Å².